The fourth-order valence-corrected chi connectivity index (χ4v) is 7.95. The summed E-state index contributed by atoms with van der Waals surface area (Å²) in [6.07, 6.45) is 28.7. The van der Waals surface area contributed by atoms with Crippen molar-refractivity contribution in [1.29, 1.82) is 0 Å². The maximum absolute atomic E-state index is 13.0. The third-order valence-electron chi connectivity index (χ3n) is 10.7. The summed E-state index contributed by atoms with van der Waals surface area (Å²) in [5.41, 5.74) is 1.94. The van der Waals surface area contributed by atoms with Crippen LogP contribution in [-0.4, -0.2) is 42.7 Å². The molecule has 1 N–H and O–H groups in total. The Morgan fingerprint density at radius 3 is 1.21 bits per heavy atom. The van der Waals surface area contributed by atoms with Gasteiger partial charge in [0.25, 0.3) is 10.1 Å². The largest absolute Gasteiger partial charge is 0.455 e. The Bertz CT molecular complexity index is 1480. The molecule has 0 spiro atoms. The van der Waals surface area contributed by atoms with Crippen molar-refractivity contribution >= 4 is 22.1 Å². The average Bonchev–Trinajstić information content (AvgIpc) is 3.18. The lowest BCUT2D eigenvalue weighted by Gasteiger charge is -2.21. The number of esters is 2. The van der Waals surface area contributed by atoms with Crippen LogP contribution >= 0.6 is 0 Å². The van der Waals surface area contributed by atoms with Crippen molar-refractivity contribution < 1.29 is 41.5 Å². The van der Waals surface area contributed by atoms with Crippen LogP contribution in [0, 0.1) is 0 Å². The van der Waals surface area contributed by atoms with Crippen molar-refractivity contribution in [2.45, 2.75) is 219 Å². The number of carbonyl (C=O) groups is 2. The lowest BCUT2D eigenvalue weighted by atomic mass is 10.0. The summed E-state index contributed by atoms with van der Waals surface area (Å²) >= 11 is 0. The fraction of sp³-hybridized carbons (Fsp3) is 0.708. The second kappa shape index (κ2) is 31.8. The molecule has 2 aromatic carbocycles. The molecule has 0 heterocycles. The highest BCUT2D eigenvalue weighted by Gasteiger charge is 2.37. The molecular formula is C48H78O9S. The average molecular weight is 831 g/mol. The highest BCUT2D eigenvalue weighted by Crippen LogP contribution is 2.25. The summed E-state index contributed by atoms with van der Waals surface area (Å²) in [7, 11) is -5.02. The first-order valence-corrected chi connectivity index (χ1v) is 24.4. The van der Waals surface area contributed by atoms with Crippen molar-refractivity contribution in [2.24, 2.45) is 0 Å². The van der Waals surface area contributed by atoms with Gasteiger partial charge in [0.05, 0.1) is 6.42 Å². The van der Waals surface area contributed by atoms with Crippen LogP contribution in [0.2, 0.25) is 0 Å². The quantitative estimate of drug-likeness (QED) is 0.0309. The van der Waals surface area contributed by atoms with Crippen LogP contribution in [-0.2, 0) is 42.0 Å². The minimum absolute atomic E-state index is 0.527. The molecule has 0 radical (unpaired) electrons. The van der Waals surface area contributed by atoms with Crippen molar-refractivity contribution in [2.75, 3.05) is 0 Å². The van der Waals surface area contributed by atoms with Gasteiger partial charge in [-0.2, -0.15) is 8.42 Å². The Morgan fingerprint density at radius 2 is 0.845 bits per heavy atom. The van der Waals surface area contributed by atoms with Crippen molar-refractivity contribution in [1.82, 2.24) is 0 Å². The summed E-state index contributed by atoms with van der Waals surface area (Å²) < 4.78 is 56.8. The van der Waals surface area contributed by atoms with Crippen LogP contribution in [0.3, 0.4) is 0 Å². The standard InChI is InChI=1S/C48H78O9S/c1-5-7-9-11-13-15-17-19-21-23-25-27-33-42-35-29-31-37-44(42)54-40(3)56-47(49)39-46(58(51,52)53)48(50)57-41(4)55-45-38-32-30-36-43(45)34-28-26-24-22-20-18-16-14-12-10-8-6-2/h29-32,35-38,40-41,46H,5-28,33-34,39H2,1-4H3,(H,51,52,53). The van der Waals surface area contributed by atoms with Crippen LogP contribution < -0.4 is 9.47 Å². The number of hydrogen-bond acceptors (Lipinski definition) is 8. The molecule has 0 saturated carbocycles. The van der Waals surface area contributed by atoms with Gasteiger partial charge in [-0.15, -0.1) is 0 Å². The van der Waals surface area contributed by atoms with Gasteiger partial charge in [0.1, 0.15) is 11.5 Å². The van der Waals surface area contributed by atoms with E-state index in [1.54, 1.807) is 12.1 Å². The predicted octanol–water partition coefficient (Wildman–Crippen LogP) is 13.1. The van der Waals surface area contributed by atoms with Gasteiger partial charge in [0, 0.05) is 13.8 Å². The lowest BCUT2D eigenvalue weighted by Crippen LogP contribution is -2.38. The summed E-state index contributed by atoms with van der Waals surface area (Å²) in [6, 6.07) is 15.0. The third kappa shape index (κ3) is 24.1. The first-order valence-electron chi connectivity index (χ1n) is 22.9. The van der Waals surface area contributed by atoms with E-state index in [2.05, 4.69) is 13.8 Å². The highest BCUT2D eigenvalue weighted by atomic mass is 32.2. The second-order valence-electron chi connectivity index (χ2n) is 16.0. The highest BCUT2D eigenvalue weighted by molar-refractivity contribution is 7.87. The normalized spacial score (nSPS) is 13.1. The maximum Gasteiger partial charge on any atom is 0.330 e. The summed E-state index contributed by atoms with van der Waals surface area (Å²) in [4.78, 5) is 25.9. The van der Waals surface area contributed by atoms with Crippen LogP contribution in [0.4, 0.5) is 0 Å². The smallest absolute Gasteiger partial charge is 0.330 e. The van der Waals surface area contributed by atoms with Gasteiger partial charge in [-0.3, -0.25) is 14.1 Å². The molecule has 2 rings (SSSR count). The third-order valence-corrected chi connectivity index (χ3v) is 11.8. The summed E-state index contributed by atoms with van der Waals surface area (Å²) in [5, 5.41) is -2.19. The molecule has 0 aliphatic carbocycles. The Kier molecular flexibility index (Phi) is 27.9. The Balaban J connectivity index is 1.75. The Hall–Kier alpha value is -3.11. The summed E-state index contributed by atoms with van der Waals surface area (Å²) in [6.45, 7) is 7.47. The Labute approximate surface area is 352 Å². The first-order chi connectivity index (χ1) is 28.0. The van der Waals surface area contributed by atoms with Gasteiger partial charge in [-0.1, -0.05) is 192 Å². The minimum atomic E-state index is -5.02. The number of hydrogen-bond donors (Lipinski definition) is 1. The van der Waals surface area contributed by atoms with Gasteiger partial charge in [-0.05, 0) is 48.9 Å². The maximum atomic E-state index is 13.0. The van der Waals surface area contributed by atoms with Crippen LogP contribution in [0.5, 0.6) is 11.5 Å². The first kappa shape index (κ1) is 51.0. The predicted molar refractivity (Wildman–Crippen MR) is 235 cm³/mol. The Morgan fingerprint density at radius 1 is 0.517 bits per heavy atom. The van der Waals surface area contributed by atoms with E-state index in [0.717, 1.165) is 49.7 Å². The topological polar surface area (TPSA) is 125 Å². The monoisotopic (exact) mass is 831 g/mol. The molecule has 9 nitrogen and oxygen atoms in total. The molecule has 0 bridgehead atoms. The molecule has 2 aromatic rings. The van der Waals surface area contributed by atoms with E-state index in [-0.39, 0.29) is 0 Å². The number of unbranched alkanes of at least 4 members (excludes halogenated alkanes) is 22. The van der Waals surface area contributed by atoms with E-state index >= 15 is 0 Å². The van der Waals surface area contributed by atoms with Crippen LogP contribution in [0.25, 0.3) is 0 Å². The van der Waals surface area contributed by atoms with Gasteiger partial charge in [-0.25, -0.2) is 0 Å². The second-order valence-corrected chi connectivity index (χ2v) is 17.6. The van der Waals surface area contributed by atoms with Gasteiger partial charge >= 0.3 is 11.9 Å². The van der Waals surface area contributed by atoms with E-state index in [4.69, 9.17) is 18.9 Å². The summed E-state index contributed by atoms with van der Waals surface area (Å²) in [5.74, 6) is -1.25. The molecule has 0 aliphatic rings. The molecule has 0 amide bonds. The molecule has 330 valence electrons. The minimum Gasteiger partial charge on any atom is -0.455 e. The zero-order valence-corrected chi connectivity index (χ0v) is 37.4. The molecule has 3 atom stereocenters. The van der Waals surface area contributed by atoms with Gasteiger partial charge < -0.3 is 18.9 Å². The van der Waals surface area contributed by atoms with E-state index in [0.29, 0.717) is 11.5 Å². The SMILES string of the molecule is CCCCCCCCCCCCCCc1ccccc1OC(C)OC(=O)CC(C(=O)OC(C)Oc1ccccc1CCCCCCCCCCCCCC)S(=O)(=O)O. The molecule has 0 fully saturated rings. The molecular weight excluding hydrogens is 753 g/mol. The van der Waals surface area contributed by atoms with Crippen molar-refractivity contribution in [3.63, 3.8) is 0 Å². The number of carbonyl (C=O) groups excluding carboxylic acids is 2. The molecule has 58 heavy (non-hydrogen) atoms. The molecule has 0 aliphatic heterocycles. The van der Waals surface area contributed by atoms with E-state index in [9.17, 15) is 22.6 Å². The number of para-hydroxylation sites is 2. The molecule has 0 aromatic heterocycles. The number of aryl methyl sites for hydroxylation is 2. The fourth-order valence-electron chi connectivity index (χ4n) is 7.30. The van der Waals surface area contributed by atoms with Gasteiger partial charge in [0.2, 0.25) is 12.6 Å². The van der Waals surface area contributed by atoms with Crippen LogP contribution in [0.1, 0.15) is 199 Å². The van der Waals surface area contributed by atoms with E-state index < -0.39 is 46.3 Å². The van der Waals surface area contributed by atoms with Crippen molar-refractivity contribution in [3.05, 3.63) is 59.7 Å². The van der Waals surface area contributed by atoms with E-state index in [1.807, 2.05) is 36.4 Å². The molecule has 10 heteroatoms. The number of ether oxygens (including phenoxy) is 4. The molecule has 3 unspecified atom stereocenters. The molecule has 0 saturated heterocycles. The van der Waals surface area contributed by atoms with Crippen LogP contribution in [0.15, 0.2) is 48.5 Å². The number of benzene rings is 2. The number of rotatable bonds is 36. The zero-order chi connectivity index (χ0) is 42.3. The van der Waals surface area contributed by atoms with E-state index in [1.165, 1.54) is 142 Å². The van der Waals surface area contributed by atoms with Crippen molar-refractivity contribution in [3.8, 4) is 11.5 Å². The zero-order valence-electron chi connectivity index (χ0n) is 36.6. The van der Waals surface area contributed by atoms with Gasteiger partial charge in [0.15, 0.2) is 5.25 Å². The lowest BCUT2D eigenvalue weighted by molar-refractivity contribution is -0.168.